The standard InChI is InChI=1S/C15H10ClNO3/c1-8-2-5-14(20-8)13-7-11(15(18)19)10-4-3-9(16)6-12(10)17-13/h2-7H,1H3,(H,18,19). The first-order valence-electron chi connectivity index (χ1n) is 5.95. The summed E-state index contributed by atoms with van der Waals surface area (Å²) in [6, 6.07) is 10.0. The number of hydrogen-bond acceptors (Lipinski definition) is 3. The minimum atomic E-state index is -1.01. The van der Waals surface area contributed by atoms with Gasteiger partial charge < -0.3 is 9.52 Å². The van der Waals surface area contributed by atoms with Gasteiger partial charge in [0.15, 0.2) is 5.76 Å². The van der Waals surface area contributed by atoms with Crippen LogP contribution in [0, 0.1) is 6.92 Å². The predicted molar refractivity (Wildman–Crippen MR) is 76.2 cm³/mol. The van der Waals surface area contributed by atoms with E-state index in [4.69, 9.17) is 16.0 Å². The molecule has 3 rings (SSSR count). The highest BCUT2D eigenvalue weighted by Gasteiger charge is 2.14. The monoisotopic (exact) mass is 287 g/mol. The molecule has 20 heavy (non-hydrogen) atoms. The van der Waals surface area contributed by atoms with Gasteiger partial charge in [-0.1, -0.05) is 17.7 Å². The number of benzene rings is 1. The number of furan rings is 1. The van der Waals surface area contributed by atoms with Crippen molar-refractivity contribution in [1.29, 1.82) is 0 Å². The molecule has 1 aromatic carbocycles. The topological polar surface area (TPSA) is 63.3 Å². The van der Waals surface area contributed by atoms with E-state index in [1.54, 1.807) is 30.3 Å². The van der Waals surface area contributed by atoms with Crippen LogP contribution in [0.2, 0.25) is 5.02 Å². The first-order valence-corrected chi connectivity index (χ1v) is 6.33. The number of fused-ring (bicyclic) bond motifs is 1. The van der Waals surface area contributed by atoms with Crippen molar-refractivity contribution in [3.8, 4) is 11.5 Å². The average Bonchev–Trinajstić information content (AvgIpc) is 2.83. The fourth-order valence-corrected chi connectivity index (χ4v) is 2.24. The Morgan fingerprint density at radius 1 is 1.25 bits per heavy atom. The number of halogens is 1. The molecule has 100 valence electrons. The molecule has 3 aromatic rings. The number of hydrogen-bond donors (Lipinski definition) is 1. The molecule has 5 heteroatoms. The Morgan fingerprint density at radius 2 is 2.05 bits per heavy atom. The number of carbonyl (C=O) groups is 1. The number of carboxylic acid groups (broad SMARTS) is 1. The van der Waals surface area contributed by atoms with Gasteiger partial charge in [0.25, 0.3) is 0 Å². The molecule has 0 saturated heterocycles. The van der Waals surface area contributed by atoms with Gasteiger partial charge in [0.1, 0.15) is 11.5 Å². The van der Waals surface area contributed by atoms with E-state index >= 15 is 0 Å². The van der Waals surface area contributed by atoms with Crippen LogP contribution in [-0.2, 0) is 0 Å². The number of rotatable bonds is 2. The Balaban J connectivity index is 2.32. The van der Waals surface area contributed by atoms with Crippen LogP contribution in [-0.4, -0.2) is 16.1 Å². The number of aryl methyl sites for hydroxylation is 1. The number of nitrogens with zero attached hydrogens (tertiary/aromatic N) is 1. The minimum absolute atomic E-state index is 0.177. The molecule has 0 aliphatic carbocycles. The highest BCUT2D eigenvalue weighted by atomic mass is 35.5. The lowest BCUT2D eigenvalue weighted by molar-refractivity contribution is 0.0699. The van der Waals surface area contributed by atoms with Crippen LogP contribution in [0.15, 0.2) is 40.8 Å². The molecule has 0 bridgehead atoms. The molecule has 0 aliphatic rings. The third kappa shape index (κ3) is 2.14. The SMILES string of the molecule is Cc1ccc(-c2cc(C(=O)O)c3ccc(Cl)cc3n2)o1. The van der Waals surface area contributed by atoms with Gasteiger partial charge >= 0.3 is 5.97 Å². The lowest BCUT2D eigenvalue weighted by atomic mass is 10.1. The molecule has 0 fully saturated rings. The summed E-state index contributed by atoms with van der Waals surface area (Å²) in [4.78, 5) is 15.8. The van der Waals surface area contributed by atoms with E-state index < -0.39 is 5.97 Å². The van der Waals surface area contributed by atoms with Crippen LogP contribution >= 0.6 is 11.6 Å². The van der Waals surface area contributed by atoms with Gasteiger partial charge in [0.2, 0.25) is 0 Å². The highest BCUT2D eigenvalue weighted by Crippen LogP contribution is 2.27. The molecule has 2 heterocycles. The zero-order valence-corrected chi connectivity index (χ0v) is 11.3. The summed E-state index contributed by atoms with van der Waals surface area (Å²) in [7, 11) is 0. The Morgan fingerprint density at radius 3 is 2.70 bits per heavy atom. The number of aromatic carboxylic acids is 1. The third-order valence-corrected chi connectivity index (χ3v) is 3.23. The number of carboxylic acids is 1. The van der Waals surface area contributed by atoms with Crippen molar-refractivity contribution in [3.63, 3.8) is 0 Å². The first-order chi connectivity index (χ1) is 9.54. The van der Waals surface area contributed by atoms with Crippen molar-refractivity contribution >= 4 is 28.5 Å². The van der Waals surface area contributed by atoms with E-state index in [9.17, 15) is 9.90 Å². The van der Waals surface area contributed by atoms with Crippen LogP contribution in [0.1, 0.15) is 16.1 Å². The van der Waals surface area contributed by atoms with Crippen molar-refractivity contribution in [2.75, 3.05) is 0 Å². The fourth-order valence-electron chi connectivity index (χ4n) is 2.08. The summed E-state index contributed by atoms with van der Waals surface area (Å²) < 4.78 is 5.50. The molecule has 0 atom stereocenters. The second-order valence-corrected chi connectivity index (χ2v) is 4.87. The zero-order chi connectivity index (χ0) is 14.3. The Hall–Kier alpha value is -2.33. The third-order valence-electron chi connectivity index (χ3n) is 3.00. The summed E-state index contributed by atoms with van der Waals surface area (Å²) >= 11 is 5.94. The van der Waals surface area contributed by atoms with E-state index in [1.165, 1.54) is 6.07 Å². The molecule has 0 aliphatic heterocycles. The molecule has 1 N–H and O–H groups in total. The number of aromatic nitrogens is 1. The van der Waals surface area contributed by atoms with Gasteiger partial charge in [-0.3, -0.25) is 0 Å². The summed E-state index contributed by atoms with van der Waals surface area (Å²) in [5, 5.41) is 10.4. The summed E-state index contributed by atoms with van der Waals surface area (Å²) in [6.07, 6.45) is 0. The maximum atomic E-state index is 11.4. The fraction of sp³-hybridized carbons (Fsp3) is 0.0667. The van der Waals surface area contributed by atoms with E-state index in [1.807, 2.05) is 6.92 Å². The maximum Gasteiger partial charge on any atom is 0.336 e. The van der Waals surface area contributed by atoms with E-state index in [0.717, 1.165) is 5.76 Å². The van der Waals surface area contributed by atoms with Gasteiger partial charge in [0.05, 0.1) is 11.1 Å². The van der Waals surface area contributed by atoms with Crippen molar-refractivity contribution < 1.29 is 14.3 Å². The maximum absolute atomic E-state index is 11.4. The molecule has 2 aromatic heterocycles. The molecule has 0 amide bonds. The van der Waals surface area contributed by atoms with E-state index in [2.05, 4.69) is 4.98 Å². The summed E-state index contributed by atoms with van der Waals surface area (Å²) in [6.45, 7) is 1.82. The Labute approximate surface area is 119 Å². The van der Waals surface area contributed by atoms with Gasteiger partial charge in [-0.2, -0.15) is 0 Å². The second-order valence-electron chi connectivity index (χ2n) is 4.43. The van der Waals surface area contributed by atoms with Crippen molar-refractivity contribution in [3.05, 3.63) is 52.7 Å². The normalized spacial score (nSPS) is 10.9. The average molecular weight is 288 g/mol. The quantitative estimate of drug-likeness (QED) is 0.769. The van der Waals surface area contributed by atoms with Gasteiger partial charge in [-0.25, -0.2) is 9.78 Å². The Bertz CT molecular complexity index is 823. The molecule has 4 nitrogen and oxygen atoms in total. The van der Waals surface area contributed by atoms with Crippen LogP contribution in [0.4, 0.5) is 0 Å². The predicted octanol–water partition coefficient (Wildman–Crippen LogP) is 4.15. The Kier molecular flexibility index (Phi) is 2.95. The number of pyridine rings is 1. The van der Waals surface area contributed by atoms with Gasteiger partial charge in [0, 0.05) is 10.4 Å². The molecule has 0 saturated carbocycles. The lowest BCUT2D eigenvalue weighted by Crippen LogP contribution is -2.00. The van der Waals surface area contributed by atoms with Crippen molar-refractivity contribution in [2.24, 2.45) is 0 Å². The van der Waals surface area contributed by atoms with Gasteiger partial charge in [-0.05, 0) is 37.3 Å². The van der Waals surface area contributed by atoms with Crippen molar-refractivity contribution in [2.45, 2.75) is 6.92 Å². The molecule has 0 unspecified atom stereocenters. The smallest absolute Gasteiger partial charge is 0.336 e. The molecular weight excluding hydrogens is 278 g/mol. The van der Waals surface area contributed by atoms with Gasteiger partial charge in [-0.15, -0.1) is 0 Å². The van der Waals surface area contributed by atoms with Crippen LogP contribution in [0.5, 0.6) is 0 Å². The molecule has 0 spiro atoms. The van der Waals surface area contributed by atoms with Crippen LogP contribution in [0.3, 0.4) is 0 Å². The second kappa shape index (κ2) is 4.65. The lowest BCUT2D eigenvalue weighted by Gasteiger charge is -2.05. The zero-order valence-electron chi connectivity index (χ0n) is 10.6. The first kappa shape index (κ1) is 12.7. The summed E-state index contributed by atoms with van der Waals surface area (Å²) in [5.41, 5.74) is 1.18. The van der Waals surface area contributed by atoms with E-state index in [0.29, 0.717) is 27.4 Å². The van der Waals surface area contributed by atoms with Crippen molar-refractivity contribution in [1.82, 2.24) is 4.98 Å². The van der Waals surface area contributed by atoms with Crippen LogP contribution < -0.4 is 0 Å². The largest absolute Gasteiger partial charge is 0.478 e. The van der Waals surface area contributed by atoms with E-state index in [-0.39, 0.29) is 5.56 Å². The van der Waals surface area contributed by atoms with Crippen LogP contribution in [0.25, 0.3) is 22.4 Å². The highest BCUT2D eigenvalue weighted by molar-refractivity contribution is 6.31. The molecular formula is C15H10ClNO3. The minimum Gasteiger partial charge on any atom is -0.478 e. The summed E-state index contributed by atoms with van der Waals surface area (Å²) in [5.74, 6) is 0.265. The molecule has 0 radical (unpaired) electrons.